The Morgan fingerprint density at radius 2 is 2.12 bits per heavy atom. The van der Waals surface area contributed by atoms with Crippen LogP contribution in [0.3, 0.4) is 0 Å². The van der Waals surface area contributed by atoms with Gasteiger partial charge in [0, 0.05) is 6.61 Å². The Hall–Kier alpha value is -0.610. The van der Waals surface area contributed by atoms with Gasteiger partial charge in [0.25, 0.3) is 0 Å². The zero-order valence-corrected chi connectivity index (χ0v) is 10.3. The van der Waals surface area contributed by atoms with Crippen molar-refractivity contribution in [1.82, 2.24) is 5.32 Å². The van der Waals surface area contributed by atoms with Crippen LogP contribution in [-0.2, 0) is 14.3 Å². The van der Waals surface area contributed by atoms with Crippen molar-refractivity contribution in [3.05, 3.63) is 0 Å². The first-order chi connectivity index (χ1) is 7.77. The average molecular weight is 229 g/mol. The van der Waals surface area contributed by atoms with Crippen LogP contribution in [0.15, 0.2) is 0 Å². The second-order valence-corrected chi connectivity index (χ2v) is 4.32. The highest BCUT2D eigenvalue weighted by atomic mass is 16.5. The van der Waals surface area contributed by atoms with Crippen molar-refractivity contribution < 1.29 is 14.3 Å². The van der Waals surface area contributed by atoms with Crippen molar-refractivity contribution in [3.63, 3.8) is 0 Å². The monoisotopic (exact) mass is 229 g/mol. The van der Waals surface area contributed by atoms with E-state index in [0.717, 1.165) is 13.2 Å². The van der Waals surface area contributed by atoms with Crippen molar-refractivity contribution in [1.29, 1.82) is 0 Å². The predicted molar refractivity (Wildman–Crippen MR) is 62.3 cm³/mol. The molecule has 0 aromatic rings. The van der Waals surface area contributed by atoms with Gasteiger partial charge in [-0.2, -0.15) is 0 Å². The molecule has 4 nitrogen and oxygen atoms in total. The molecule has 0 aliphatic heterocycles. The fourth-order valence-corrected chi connectivity index (χ4v) is 2.13. The van der Waals surface area contributed by atoms with Crippen LogP contribution in [0.25, 0.3) is 0 Å². The minimum Gasteiger partial charge on any atom is -0.468 e. The zero-order valence-electron chi connectivity index (χ0n) is 10.3. The summed E-state index contributed by atoms with van der Waals surface area (Å²) >= 11 is 0. The third-order valence-electron chi connectivity index (χ3n) is 3.05. The fraction of sp³-hybridized carbons (Fsp3) is 0.917. The van der Waals surface area contributed by atoms with E-state index < -0.39 is 0 Å². The third-order valence-corrected chi connectivity index (χ3v) is 3.05. The average Bonchev–Trinajstić information content (AvgIpc) is 2.80. The molecule has 0 heterocycles. The number of likely N-dealkylation sites (N-methyl/N-ethyl adjacent to an activating group) is 1. The molecule has 0 aromatic heterocycles. The highest BCUT2D eigenvalue weighted by Gasteiger charge is 2.20. The number of rotatable bonds is 7. The van der Waals surface area contributed by atoms with Gasteiger partial charge in [0.05, 0.1) is 13.7 Å². The van der Waals surface area contributed by atoms with E-state index in [9.17, 15) is 4.79 Å². The second kappa shape index (κ2) is 7.63. The van der Waals surface area contributed by atoms with E-state index in [2.05, 4.69) is 5.32 Å². The van der Waals surface area contributed by atoms with Crippen LogP contribution >= 0.6 is 0 Å². The number of hydrogen-bond donors (Lipinski definition) is 1. The maximum absolute atomic E-state index is 11.4. The lowest BCUT2D eigenvalue weighted by molar-refractivity contribution is -0.144. The van der Waals surface area contributed by atoms with Gasteiger partial charge >= 0.3 is 5.97 Å². The lowest BCUT2D eigenvalue weighted by atomic mass is 10.1. The summed E-state index contributed by atoms with van der Waals surface area (Å²) in [4.78, 5) is 11.4. The number of carbonyl (C=O) groups excluding carboxylic acids is 1. The van der Waals surface area contributed by atoms with E-state index in [1.165, 1.54) is 32.8 Å². The molecule has 1 fully saturated rings. The van der Waals surface area contributed by atoms with Gasteiger partial charge in [-0.15, -0.1) is 0 Å². The number of ether oxygens (including phenoxy) is 2. The first kappa shape index (κ1) is 13.5. The molecule has 94 valence electrons. The van der Waals surface area contributed by atoms with Crippen LogP contribution in [0.5, 0.6) is 0 Å². The van der Waals surface area contributed by atoms with Crippen molar-refractivity contribution >= 4 is 5.97 Å². The number of nitrogens with one attached hydrogen (secondary N) is 1. The third kappa shape index (κ3) is 4.49. The van der Waals surface area contributed by atoms with Gasteiger partial charge < -0.3 is 14.8 Å². The van der Waals surface area contributed by atoms with Crippen LogP contribution in [0.2, 0.25) is 0 Å². The van der Waals surface area contributed by atoms with E-state index in [4.69, 9.17) is 9.47 Å². The van der Waals surface area contributed by atoms with Gasteiger partial charge in [-0.25, -0.2) is 0 Å². The van der Waals surface area contributed by atoms with Crippen molar-refractivity contribution in [2.24, 2.45) is 5.92 Å². The highest BCUT2D eigenvalue weighted by Crippen LogP contribution is 2.24. The first-order valence-electron chi connectivity index (χ1n) is 6.16. The summed E-state index contributed by atoms with van der Waals surface area (Å²) in [7, 11) is 1.41. The van der Waals surface area contributed by atoms with E-state index in [-0.39, 0.29) is 12.0 Å². The number of carbonyl (C=O) groups is 1. The molecule has 1 N–H and O–H groups in total. The Bertz CT molecular complexity index is 202. The number of esters is 1. The molecule has 1 unspecified atom stereocenters. The fourth-order valence-electron chi connectivity index (χ4n) is 2.13. The summed E-state index contributed by atoms with van der Waals surface area (Å²) in [5, 5.41) is 3.06. The van der Waals surface area contributed by atoms with Crippen molar-refractivity contribution in [2.75, 3.05) is 26.9 Å². The Balaban J connectivity index is 2.18. The lowest BCUT2D eigenvalue weighted by Crippen LogP contribution is -2.41. The van der Waals surface area contributed by atoms with Gasteiger partial charge in [0.2, 0.25) is 0 Å². The van der Waals surface area contributed by atoms with Crippen molar-refractivity contribution in [3.8, 4) is 0 Å². The molecular formula is C12H23NO3. The molecule has 0 amide bonds. The highest BCUT2D eigenvalue weighted by molar-refractivity contribution is 5.75. The summed E-state index contributed by atoms with van der Waals surface area (Å²) in [5.41, 5.74) is 0. The molecule has 1 aliphatic rings. The normalized spacial score (nSPS) is 18.6. The Morgan fingerprint density at radius 3 is 2.69 bits per heavy atom. The maximum atomic E-state index is 11.4. The molecule has 1 saturated carbocycles. The molecule has 0 aromatic carbocycles. The molecule has 0 saturated heterocycles. The molecule has 16 heavy (non-hydrogen) atoms. The quantitative estimate of drug-likeness (QED) is 0.669. The van der Waals surface area contributed by atoms with Crippen LogP contribution in [0.1, 0.15) is 32.6 Å². The summed E-state index contributed by atoms with van der Waals surface area (Å²) < 4.78 is 10.3. The summed E-state index contributed by atoms with van der Waals surface area (Å²) in [6.07, 6.45) is 5.18. The van der Waals surface area contributed by atoms with Crippen LogP contribution in [0, 0.1) is 5.92 Å². The Labute approximate surface area is 97.7 Å². The van der Waals surface area contributed by atoms with Crippen LogP contribution in [0.4, 0.5) is 0 Å². The molecule has 1 aliphatic carbocycles. The van der Waals surface area contributed by atoms with Gasteiger partial charge in [-0.1, -0.05) is 19.8 Å². The van der Waals surface area contributed by atoms with E-state index in [1.807, 2.05) is 6.92 Å². The SMILES string of the molecule is CCNC(COCC1CCCC1)C(=O)OC. The first-order valence-corrected chi connectivity index (χ1v) is 6.16. The summed E-state index contributed by atoms with van der Waals surface area (Å²) in [6, 6.07) is -0.323. The lowest BCUT2D eigenvalue weighted by Gasteiger charge is -2.17. The molecule has 0 radical (unpaired) electrons. The molecule has 1 atom stereocenters. The molecular weight excluding hydrogens is 206 g/mol. The zero-order chi connectivity index (χ0) is 11.8. The van der Waals surface area contributed by atoms with E-state index >= 15 is 0 Å². The topological polar surface area (TPSA) is 47.6 Å². The van der Waals surface area contributed by atoms with Gasteiger partial charge in [0.15, 0.2) is 0 Å². The minimum absolute atomic E-state index is 0.242. The smallest absolute Gasteiger partial charge is 0.325 e. The van der Waals surface area contributed by atoms with Crippen LogP contribution in [-0.4, -0.2) is 38.9 Å². The van der Waals surface area contributed by atoms with Gasteiger partial charge in [0.1, 0.15) is 6.04 Å². The molecule has 0 bridgehead atoms. The maximum Gasteiger partial charge on any atom is 0.325 e. The molecule has 4 heteroatoms. The minimum atomic E-state index is -0.323. The molecule has 0 spiro atoms. The summed E-state index contributed by atoms with van der Waals surface area (Å²) in [6.45, 7) is 3.90. The number of hydrogen-bond acceptors (Lipinski definition) is 4. The van der Waals surface area contributed by atoms with Crippen molar-refractivity contribution in [2.45, 2.75) is 38.6 Å². The standard InChI is InChI=1S/C12H23NO3/c1-3-13-11(12(14)15-2)9-16-8-10-6-4-5-7-10/h10-11,13H,3-9H2,1-2H3. The predicted octanol–water partition coefficient (Wildman–Crippen LogP) is 1.34. The number of methoxy groups -OCH3 is 1. The summed E-state index contributed by atoms with van der Waals surface area (Å²) in [5.74, 6) is 0.452. The van der Waals surface area contributed by atoms with Crippen LogP contribution < -0.4 is 5.32 Å². The second-order valence-electron chi connectivity index (χ2n) is 4.32. The van der Waals surface area contributed by atoms with Gasteiger partial charge in [-0.05, 0) is 25.3 Å². The Kier molecular flexibility index (Phi) is 6.42. The largest absolute Gasteiger partial charge is 0.468 e. The molecule has 1 rings (SSSR count). The Morgan fingerprint density at radius 1 is 1.44 bits per heavy atom. The van der Waals surface area contributed by atoms with E-state index in [1.54, 1.807) is 0 Å². The van der Waals surface area contributed by atoms with E-state index in [0.29, 0.717) is 12.5 Å². The van der Waals surface area contributed by atoms with Gasteiger partial charge in [-0.3, -0.25) is 4.79 Å².